The van der Waals surface area contributed by atoms with Gasteiger partial charge in [-0.1, -0.05) is 60.2 Å². The number of ether oxygens (including phenoxy) is 1. The summed E-state index contributed by atoms with van der Waals surface area (Å²) >= 11 is 0. The van der Waals surface area contributed by atoms with Gasteiger partial charge in [0.2, 0.25) is 5.91 Å². The van der Waals surface area contributed by atoms with Crippen molar-refractivity contribution >= 4 is 22.5 Å². The number of methoxy groups -OCH3 is 1. The Morgan fingerprint density at radius 1 is 1.00 bits per heavy atom. The second kappa shape index (κ2) is 8.63. The fourth-order valence-corrected chi connectivity index (χ4v) is 4.58. The minimum absolute atomic E-state index is 0.176. The van der Waals surface area contributed by atoms with Gasteiger partial charge in [-0.25, -0.2) is 5.01 Å². The molecule has 0 bridgehead atoms. The summed E-state index contributed by atoms with van der Waals surface area (Å²) in [5.41, 5.74) is 5.49. The number of para-hydroxylation sites is 1. The van der Waals surface area contributed by atoms with E-state index in [0.717, 1.165) is 38.9 Å². The van der Waals surface area contributed by atoms with Gasteiger partial charge in [0.05, 0.1) is 24.4 Å². The van der Waals surface area contributed by atoms with Gasteiger partial charge in [-0.05, 0) is 36.2 Å². The van der Waals surface area contributed by atoms with Gasteiger partial charge in [-0.15, -0.1) is 0 Å². The Morgan fingerprint density at radius 3 is 2.38 bits per heavy atom. The maximum atomic E-state index is 13.4. The Hall–Kier alpha value is -4.19. The topological polar surface area (TPSA) is 74.8 Å². The number of hydrogen-bond donors (Lipinski definition) is 1. The van der Waals surface area contributed by atoms with E-state index in [1.54, 1.807) is 7.11 Å². The van der Waals surface area contributed by atoms with Crippen LogP contribution in [0.3, 0.4) is 0 Å². The summed E-state index contributed by atoms with van der Waals surface area (Å²) in [5, 5.41) is 7.09. The van der Waals surface area contributed by atoms with Gasteiger partial charge >= 0.3 is 0 Å². The Balaban J connectivity index is 1.69. The van der Waals surface area contributed by atoms with Gasteiger partial charge in [0.15, 0.2) is 0 Å². The number of pyridine rings is 1. The highest BCUT2D eigenvalue weighted by Gasteiger charge is 2.34. The molecule has 1 unspecified atom stereocenters. The quantitative estimate of drug-likeness (QED) is 0.463. The summed E-state index contributed by atoms with van der Waals surface area (Å²) in [4.78, 5) is 29.0. The zero-order valence-corrected chi connectivity index (χ0v) is 19.3. The second-order valence-electron chi connectivity index (χ2n) is 8.52. The number of aromatic nitrogens is 1. The normalized spacial score (nSPS) is 15.4. The fraction of sp³-hybridized carbons (Fsp3) is 0.179. The number of H-pyrrole nitrogens is 1. The summed E-state index contributed by atoms with van der Waals surface area (Å²) in [6, 6.07) is 23.2. The van der Waals surface area contributed by atoms with E-state index in [4.69, 9.17) is 4.74 Å². The molecule has 3 aromatic carbocycles. The Bertz CT molecular complexity index is 1470. The molecular weight excluding hydrogens is 426 g/mol. The lowest BCUT2D eigenvalue weighted by molar-refractivity contribution is -0.130. The molecule has 0 fully saturated rings. The predicted octanol–water partition coefficient (Wildman–Crippen LogP) is 5.21. The molecule has 4 aromatic rings. The average molecular weight is 452 g/mol. The van der Waals surface area contributed by atoms with Crippen molar-refractivity contribution in [3.63, 3.8) is 0 Å². The van der Waals surface area contributed by atoms with Gasteiger partial charge in [-0.3, -0.25) is 9.59 Å². The minimum Gasteiger partial charge on any atom is -0.497 e. The first-order valence-electron chi connectivity index (χ1n) is 11.2. The van der Waals surface area contributed by atoms with E-state index in [0.29, 0.717) is 17.7 Å². The maximum Gasteiger partial charge on any atom is 0.258 e. The molecule has 0 spiro atoms. The van der Waals surface area contributed by atoms with E-state index in [-0.39, 0.29) is 17.5 Å². The highest BCUT2D eigenvalue weighted by atomic mass is 16.5. The molecule has 1 atom stereocenters. The molecule has 1 aliphatic rings. The third kappa shape index (κ3) is 3.77. The number of hydrazone groups is 1. The van der Waals surface area contributed by atoms with Crippen molar-refractivity contribution in [3.05, 3.63) is 99.8 Å². The molecular formula is C28H25N3O3. The van der Waals surface area contributed by atoms with Crippen LogP contribution in [0, 0.1) is 6.92 Å². The van der Waals surface area contributed by atoms with E-state index in [1.165, 1.54) is 11.9 Å². The summed E-state index contributed by atoms with van der Waals surface area (Å²) in [7, 11) is 1.62. The van der Waals surface area contributed by atoms with E-state index >= 15 is 0 Å². The van der Waals surface area contributed by atoms with Gasteiger partial charge in [-0.2, -0.15) is 5.10 Å². The molecule has 0 aliphatic carbocycles. The number of hydrogen-bond acceptors (Lipinski definition) is 4. The molecule has 6 nitrogen and oxygen atoms in total. The molecule has 34 heavy (non-hydrogen) atoms. The molecule has 1 amide bonds. The SMILES string of the molecule is COc1ccc(C2CC(c3c(-c4ccc(C)cc4)c4ccccc4[nH]c3=O)=NN2C(C)=O)cc1. The van der Waals surface area contributed by atoms with Crippen molar-refractivity contribution in [3.8, 4) is 16.9 Å². The second-order valence-corrected chi connectivity index (χ2v) is 8.52. The number of nitrogens with one attached hydrogen (secondary N) is 1. The lowest BCUT2D eigenvalue weighted by Gasteiger charge is -2.20. The first-order valence-corrected chi connectivity index (χ1v) is 11.2. The monoisotopic (exact) mass is 451 g/mol. The number of aryl methyl sites for hydroxylation is 1. The van der Waals surface area contributed by atoms with Crippen LogP contribution in [-0.2, 0) is 4.79 Å². The van der Waals surface area contributed by atoms with Crippen molar-refractivity contribution in [2.24, 2.45) is 5.10 Å². The van der Waals surface area contributed by atoms with Crippen molar-refractivity contribution < 1.29 is 9.53 Å². The van der Waals surface area contributed by atoms with Crippen LogP contribution in [-0.4, -0.2) is 28.7 Å². The molecule has 0 saturated carbocycles. The standard InChI is InChI=1S/C28H25N3O3/c1-17-8-10-20(11-9-17)26-22-6-4-5-7-23(22)29-28(33)27(26)24-16-25(31(30-24)18(2)32)19-12-14-21(34-3)15-13-19/h4-15,25H,16H2,1-3H3,(H,29,33). The highest BCUT2D eigenvalue weighted by Crippen LogP contribution is 2.37. The number of nitrogens with zero attached hydrogens (tertiary/aromatic N) is 2. The number of amides is 1. The molecule has 0 radical (unpaired) electrons. The lowest BCUT2D eigenvalue weighted by Crippen LogP contribution is -2.24. The maximum absolute atomic E-state index is 13.4. The summed E-state index contributed by atoms with van der Waals surface area (Å²) in [5.74, 6) is 0.565. The Kier molecular flexibility index (Phi) is 5.49. The van der Waals surface area contributed by atoms with Crippen molar-refractivity contribution in [1.82, 2.24) is 9.99 Å². The zero-order chi connectivity index (χ0) is 23.8. The van der Waals surface area contributed by atoms with Crippen LogP contribution in [0.2, 0.25) is 0 Å². The molecule has 170 valence electrons. The van der Waals surface area contributed by atoms with Crippen molar-refractivity contribution in [2.75, 3.05) is 7.11 Å². The van der Waals surface area contributed by atoms with E-state index in [2.05, 4.69) is 10.1 Å². The predicted molar refractivity (Wildman–Crippen MR) is 134 cm³/mol. The molecule has 1 aromatic heterocycles. The number of benzene rings is 3. The molecule has 5 rings (SSSR count). The lowest BCUT2D eigenvalue weighted by atomic mass is 9.90. The van der Waals surface area contributed by atoms with E-state index in [1.807, 2.05) is 79.7 Å². The van der Waals surface area contributed by atoms with Crippen LogP contribution in [0.25, 0.3) is 22.0 Å². The fourth-order valence-electron chi connectivity index (χ4n) is 4.58. The van der Waals surface area contributed by atoms with Crippen LogP contribution in [0.5, 0.6) is 5.75 Å². The number of fused-ring (bicyclic) bond motifs is 1. The number of carbonyl (C=O) groups excluding carboxylic acids is 1. The number of carbonyl (C=O) groups is 1. The first kappa shape index (κ1) is 21.6. The van der Waals surface area contributed by atoms with Crippen LogP contribution in [0.4, 0.5) is 0 Å². The molecule has 1 aliphatic heterocycles. The smallest absolute Gasteiger partial charge is 0.258 e. The first-order chi connectivity index (χ1) is 16.5. The van der Waals surface area contributed by atoms with Gasteiger partial charge in [0, 0.05) is 29.8 Å². The number of rotatable bonds is 4. The molecule has 6 heteroatoms. The van der Waals surface area contributed by atoms with Crippen molar-refractivity contribution in [1.29, 1.82) is 0 Å². The summed E-state index contributed by atoms with van der Waals surface area (Å²) < 4.78 is 5.27. The zero-order valence-electron chi connectivity index (χ0n) is 19.3. The summed E-state index contributed by atoms with van der Waals surface area (Å²) in [6.45, 7) is 3.53. The van der Waals surface area contributed by atoms with Crippen molar-refractivity contribution in [2.45, 2.75) is 26.3 Å². The average Bonchev–Trinajstić information content (AvgIpc) is 3.29. The van der Waals surface area contributed by atoms with E-state index < -0.39 is 0 Å². The molecule has 0 saturated heterocycles. The minimum atomic E-state index is -0.296. The number of aromatic amines is 1. The van der Waals surface area contributed by atoms with Gasteiger partial charge in [0.1, 0.15) is 5.75 Å². The van der Waals surface area contributed by atoms with Crippen LogP contribution in [0.15, 0.2) is 82.7 Å². The molecule has 2 heterocycles. The Labute approximate surface area is 197 Å². The van der Waals surface area contributed by atoms with Crippen LogP contribution >= 0.6 is 0 Å². The summed E-state index contributed by atoms with van der Waals surface area (Å²) in [6.07, 6.45) is 0.437. The van der Waals surface area contributed by atoms with Crippen LogP contribution in [0.1, 0.15) is 36.1 Å². The van der Waals surface area contributed by atoms with Gasteiger partial charge < -0.3 is 9.72 Å². The molecule has 1 N–H and O–H groups in total. The largest absolute Gasteiger partial charge is 0.497 e. The Morgan fingerprint density at radius 2 is 1.71 bits per heavy atom. The van der Waals surface area contributed by atoms with Crippen LogP contribution < -0.4 is 10.3 Å². The highest BCUT2D eigenvalue weighted by molar-refractivity contribution is 6.12. The van der Waals surface area contributed by atoms with E-state index in [9.17, 15) is 9.59 Å². The third-order valence-corrected chi connectivity index (χ3v) is 6.28. The third-order valence-electron chi connectivity index (χ3n) is 6.28. The van der Waals surface area contributed by atoms with Gasteiger partial charge in [0.25, 0.3) is 5.56 Å².